The first-order chi connectivity index (χ1) is 10.3. The van der Waals surface area contributed by atoms with Crippen LogP contribution >= 0.6 is 0 Å². The minimum Gasteiger partial charge on any atom is -0.659 e. The normalized spacial score (nSPS) is 13.5. The molecule has 0 unspecified atom stereocenters. The van der Waals surface area contributed by atoms with Gasteiger partial charge in [0.15, 0.2) is 6.54 Å². The molecule has 0 amide bonds. The van der Waals surface area contributed by atoms with E-state index in [0.717, 1.165) is 31.0 Å². The molecule has 0 saturated carbocycles. The van der Waals surface area contributed by atoms with Gasteiger partial charge >= 0.3 is 27.0 Å². The van der Waals surface area contributed by atoms with Gasteiger partial charge < -0.3 is 25.5 Å². The summed E-state index contributed by atoms with van der Waals surface area (Å²) in [6.45, 7) is 3.84. The van der Waals surface area contributed by atoms with Gasteiger partial charge in [0, 0.05) is 5.69 Å². The summed E-state index contributed by atoms with van der Waals surface area (Å²) >= 11 is 0. The van der Waals surface area contributed by atoms with E-state index in [4.69, 9.17) is 5.11 Å². The number of nitrogens with zero attached hydrogens (tertiary/aromatic N) is 6. The number of carbonyl (C=O) groups is 1. The summed E-state index contributed by atoms with van der Waals surface area (Å²) in [6.07, 6.45) is 2.12. The summed E-state index contributed by atoms with van der Waals surface area (Å²) in [5, 5.41) is 22.3. The van der Waals surface area contributed by atoms with Gasteiger partial charge in [-0.1, -0.05) is 23.4 Å². The average Bonchev–Trinajstić information content (AvgIpc) is 3.02. The molecule has 1 aliphatic heterocycles. The van der Waals surface area contributed by atoms with E-state index in [2.05, 4.69) is 62.3 Å². The first kappa shape index (κ1) is 18.3. The van der Waals surface area contributed by atoms with Crippen LogP contribution in [0.5, 0.6) is 0 Å². The van der Waals surface area contributed by atoms with Crippen LogP contribution < -0.4 is 4.90 Å². The number of carboxylic acids is 1. The van der Waals surface area contributed by atoms with Crippen LogP contribution in [0.3, 0.4) is 0 Å². The number of piperazine rings is 1. The molecule has 1 aromatic heterocycles. The van der Waals surface area contributed by atoms with Crippen molar-refractivity contribution in [3.63, 3.8) is 0 Å². The van der Waals surface area contributed by atoms with Crippen molar-refractivity contribution in [3.8, 4) is 0 Å². The van der Waals surface area contributed by atoms with Crippen LogP contribution in [0.2, 0.25) is 0 Å². The monoisotopic (exact) mass is 472 g/mol. The molecule has 2 aromatic rings. The van der Waals surface area contributed by atoms with Gasteiger partial charge in [-0.15, -0.1) is 13.1 Å². The Kier molecular flexibility index (Phi) is 8.32. The van der Waals surface area contributed by atoms with E-state index < -0.39 is 5.97 Å². The molecule has 9 heteroatoms. The zero-order valence-corrected chi connectivity index (χ0v) is 14.8. The Hall–Kier alpha value is -1.79. The molecule has 0 spiro atoms. The van der Waals surface area contributed by atoms with Crippen molar-refractivity contribution < 1.29 is 31.0 Å². The van der Waals surface area contributed by atoms with Gasteiger partial charge in [0.2, 0.25) is 0 Å². The maximum Gasteiger partial charge on any atom is 2.00 e. The average molecular weight is 472 g/mol. The van der Waals surface area contributed by atoms with Gasteiger partial charge in [0.05, 0.1) is 0 Å². The Morgan fingerprint density at radius 1 is 1.27 bits per heavy atom. The van der Waals surface area contributed by atoms with Gasteiger partial charge in [0.25, 0.3) is 0 Å². The van der Waals surface area contributed by atoms with Crippen molar-refractivity contribution in [2.45, 2.75) is 6.54 Å². The molecule has 0 bridgehead atoms. The zero-order chi connectivity index (χ0) is 14.9. The molecule has 0 radical (unpaired) electrons. The molecular formula is C13H16N6O2W. The third kappa shape index (κ3) is 6.32. The molecule has 1 aliphatic rings. The van der Waals surface area contributed by atoms with Crippen LogP contribution in [0.15, 0.2) is 30.3 Å². The van der Waals surface area contributed by atoms with Crippen LogP contribution in [-0.4, -0.2) is 57.5 Å². The largest absolute Gasteiger partial charge is 2.00 e. The number of para-hydroxylation sites is 1. The first-order valence-corrected chi connectivity index (χ1v) is 6.54. The number of aromatic nitrogens is 4. The molecule has 1 aromatic carbocycles. The fraction of sp³-hybridized carbons (Fsp3) is 0.385. The summed E-state index contributed by atoms with van der Waals surface area (Å²) in [6, 6.07) is 10.5. The smallest absolute Gasteiger partial charge is 0.659 e. The van der Waals surface area contributed by atoms with E-state index in [-0.39, 0.29) is 27.6 Å². The molecule has 1 fully saturated rings. The molecular weight excluding hydrogens is 456 g/mol. The summed E-state index contributed by atoms with van der Waals surface area (Å²) in [5.74, 6) is -0.999. The third-order valence-electron chi connectivity index (χ3n) is 2.81. The number of hydrogen-bond donors (Lipinski definition) is 1. The van der Waals surface area contributed by atoms with Crippen LogP contribution in [0, 0.1) is 6.33 Å². The molecule has 8 nitrogen and oxygen atoms in total. The molecule has 22 heavy (non-hydrogen) atoms. The number of benzene rings is 1. The quantitative estimate of drug-likeness (QED) is 0.652. The predicted octanol–water partition coefficient (Wildman–Crippen LogP) is 0.436. The fourth-order valence-corrected chi connectivity index (χ4v) is 1.85. The summed E-state index contributed by atoms with van der Waals surface area (Å²) < 4.78 is 0. The Morgan fingerprint density at radius 2 is 1.95 bits per heavy atom. The Bertz CT molecular complexity index is 531. The van der Waals surface area contributed by atoms with Gasteiger partial charge in [-0.25, -0.2) is 6.33 Å². The zero-order valence-electron chi connectivity index (χ0n) is 11.9. The molecule has 1 saturated heterocycles. The van der Waals surface area contributed by atoms with Crippen molar-refractivity contribution in [1.29, 1.82) is 0 Å². The molecule has 3 rings (SSSR count). The van der Waals surface area contributed by atoms with E-state index >= 15 is 0 Å². The van der Waals surface area contributed by atoms with Crippen LogP contribution in [0.25, 0.3) is 5.32 Å². The number of rotatable bonds is 3. The van der Waals surface area contributed by atoms with Gasteiger partial charge in [-0.3, -0.25) is 4.79 Å². The van der Waals surface area contributed by atoms with Crippen LogP contribution in [-0.2, 0) is 32.4 Å². The van der Waals surface area contributed by atoms with E-state index in [1.54, 1.807) is 0 Å². The Labute approximate surface area is 142 Å². The Morgan fingerprint density at radius 3 is 2.50 bits per heavy atom. The van der Waals surface area contributed by atoms with E-state index in [0.29, 0.717) is 0 Å². The van der Waals surface area contributed by atoms with E-state index in [1.807, 2.05) is 0 Å². The summed E-state index contributed by atoms with van der Waals surface area (Å²) in [7, 11) is 0. The Balaban J connectivity index is 0.000000219. The second-order valence-corrected chi connectivity index (χ2v) is 4.31. The minimum atomic E-state index is -0.999. The molecule has 2 heterocycles. The maximum atomic E-state index is 9.92. The number of tetrazole rings is 1. The number of hydrogen-bond acceptors (Lipinski definition) is 5. The van der Waals surface area contributed by atoms with Crippen molar-refractivity contribution in [2.24, 2.45) is 0 Å². The van der Waals surface area contributed by atoms with Gasteiger partial charge in [-0.2, -0.15) is 4.80 Å². The third-order valence-corrected chi connectivity index (χ3v) is 2.81. The van der Waals surface area contributed by atoms with E-state index in [1.165, 1.54) is 5.69 Å². The predicted molar refractivity (Wildman–Crippen MR) is 76.0 cm³/mol. The summed E-state index contributed by atoms with van der Waals surface area (Å²) in [5.41, 5.74) is 1.33. The van der Waals surface area contributed by atoms with Crippen LogP contribution in [0.1, 0.15) is 0 Å². The molecule has 0 atom stereocenters. The maximum absolute atomic E-state index is 9.92. The van der Waals surface area contributed by atoms with Crippen molar-refractivity contribution in [3.05, 3.63) is 42.0 Å². The number of aliphatic carboxylic acids is 1. The fourth-order valence-electron chi connectivity index (χ4n) is 1.85. The van der Waals surface area contributed by atoms with E-state index in [9.17, 15) is 4.79 Å². The molecule has 116 valence electrons. The minimum absolute atomic E-state index is 0. The summed E-state index contributed by atoms with van der Waals surface area (Å²) in [4.78, 5) is 13.2. The van der Waals surface area contributed by atoms with Crippen molar-refractivity contribution in [2.75, 3.05) is 31.1 Å². The van der Waals surface area contributed by atoms with Gasteiger partial charge in [-0.05, 0) is 25.2 Å². The van der Waals surface area contributed by atoms with Crippen molar-refractivity contribution >= 4 is 11.7 Å². The van der Waals surface area contributed by atoms with Crippen molar-refractivity contribution in [1.82, 2.24) is 20.2 Å². The molecule has 0 aliphatic carbocycles. The number of carboxylic acid groups (broad SMARTS) is 1. The second kappa shape index (κ2) is 10.0. The SMILES string of the molecule is O=C(O)Cn1n[c-]nn1.[W+2].c1ccc(N2CC[N-]CC2)cc1. The second-order valence-electron chi connectivity index (χ2n) is 4.31. The standard InChI is InChI=1S/C10H13N2.C3H3N4O2.W/c1-2-4-10(5-3-1)12-8-6-11-7-9-12;8-3(9)1-7-5-2-4-6-7;/h1-5H,6-9H2;1H2,(H,8,9);/q2*-1;+2. The molecule has 1 N–H and O–H groups in total. The topological polar surface area (TPSA) is 98.2 Å². The first-order valence-electron chi connectivity index (χ1n) is 6.54. The van der Waals surface area contributed by atoms with Crippen LogP contribution in [0.4, 0.5) is 5.69 Å². The van der Waals surface area contributed by atoms with Gasteiger partial charge in [0.1, 0.15) is 0 Å². The number of anilines is 1.